The first kappa shape index (κ1) is 14.1. The van der Waals surface area contributed by atoms with Gasteiger partial charge in [0.15, 0.2) is 0 Å². The summed E-state index contributed by atoms with van der Waals surface area (Å²) in [5.74, 6) is 0. The van der Waals surface area contributed by atoms with E-state index in [0.29, 0.717) is 8.45 Å². The Morgan fingerprint density at radius 3 is 1.59 bits per heavy atom. The molecule has 0 nitrogen and oxygen atoms in total. The second-order valence-corrected chi connectivity index (χ2v) is 10.1. The van der Waals surface area contributed by atoms with E-state index in [0.717, 1.165) is 0 Å². The van der Waals surface area contributed by atoms with Crippen molar-refractivity contribution in [3.05, 3.63) is 81.9 Å². The number of benzene rings is 2. The van der Waals surface area contributed by atoms with E-state index in [1.54, 1.807) is 0 Å². The molecule has 0 aliphatic heterocycles. The summed E-state index contributed by atoms with van der Waals surface area (Å²) in [4.78, 5) is 4.79. The second-order valence-electron chi connectivity index (χ2n) is 6.48. The van der Waals surface area contributed by atoms with Crippen LogP contribution in [0, 0.1) is 0 Å². The summed E-state index contributed by atoms with van der Waals surface area (Å²) < 4.78 is 1.19. The van der Waals surface area contributed by atoms with Gasteiger partial charge in [-0.15, -0.1) is 0 Å². The van der Waals surface area contributed by atoms with Gasteiger partial charge in [0.2, 0.25) is 0 Å². The molecule has 0 radical (unpaired) electrons. The SMILES string of the molecule is [CH2]=[Ti]([CH]1C(C)=Cc2ccccc21)[CH]1C(C)=Cc2ccccc21. The molecule has 2 aliphatic rings. The molecule has 2 aliphatic carbocycles. The molecule has 2 aromatic carbocycles. The van der Waals surface area contributed by atoms with E-state index in [4.69, 9.17) is 4.82 Å². The molecule has 2 aromatic rings. The van der Waals surface area contributed by atoms with E-state index in [1.165, 1.54) is 33.4 Å². The zero-order valence-electron chi connectivity index (χ0n) is 13.1. The molecule has 0 heterocycles. The molecule has 108 valence electrons. The number of hydrogen-bond acceptors (Lipinski definition) is 0. The molecule has 1 heteroatoms. The van der Waals surface area contributed by atoms with Crippen molar-refractivity contribution < 1.29 is 17.4 Å². The van der Waals surface area contributed by atoms with Gasteiger partial charge in [-0.25, -0.2) is 0 Å². The van der Waals surface area contributed by atoms with Crippen molar-refractivity contribution >= 4 is 17.0 Å². The van der Waals surface area contributed by atoms with Crippen LogP contribution in [0.1, 0.15) is 44.5 Å². The zero-order chi connectivity index (χ0) is 15.3. The van der Waals surface area contributed by atoms with E-state index >= 15 is 0 Å². The third-order valence-electron chi connectivity index (χ3n) is 5.03. The maximum absolute atomic E-state index is 4.79. The first-order valence-electron chi connectivity index (χ1n) is 7.90. The molecule has 4 rings (SSSR count). The fraction of sp³-hybridized carbons (Fsp3) is 0.190. The monoisotopic (exact) mass is 320 g/mol. The van der Waals surface area contributed by atoms with Gasteiger partial charge in [-0.2, -0.15) is 0 Å². The van der Waals surface area contributed by atoms with Gasteiger partial charge >= 0.3 is 139 Å². The van der Waals surface area contributed by atoms with E-state index in [-0.39, 0.29) is 0 Å². The van der Waals surface area contributed by atoms with Gasteiger partial charge in [-0.05, 0) is 0 Å². The maximum atomic E-state index is 4.79. The van der Waals surface area contributed by atoms with Crippen LogP contribution in [0.25, 0.3) is 12.2 Å². The van der Waals surface area contributed by atoms with Crippen LogP contribution in [0.4, 0.5) is 0 Å². The number of hydrogen-bond donors (Lipinski definition) is 0. The van der Waals surface area contributed by atoms with Crippen LogP contribution < -0.4 is 0 Å². The Labute approximate surface area is 138 Å². The Morgan fingerprint density at radius 2 is 1.14 bits per heavy atom. The van der Waals surface area contributed by atoms with E-state index in [9.17, 15) is 0 Å². The minimum absolute atomic E-state index is 0.593. The predicted octanol–water partition coefficient (Wildman–Crippen LogP) is 5.35. The molecule has 22 heavy (non-hydrogen) atoms. The van der Waals surface area contributed by atoms with Gasteiger partial charge in [0, 0.05) is 0 Å². The average Bonchev–Trinajstić information content (AvgIpc) is 3.01. The van der Waals surface area contributed by atoms with Gasteiger partial charge < -0.3 is 0 Å². The molecule has 2 atom stereocenters. The molecule has 2 unspecified atom stereocenters. The Balaban J connectivity index is 1.78. The van der Waals surface area contributed by atoms with Crippen molar-refractivity contribution in [2.75, 3.05) is 0 Å². The summed E-state index contributed by atoms with van der Waals surface area (Å²) in [5, 5.41) is 0. The predicted molar refractivity (Wildman–Crippen MR) is 92.8 cm³/mol. The Hall–Kier alpha value is -1.50. The molecule has 0 amide bonds. The van der Waals surface area contributed by atoms with Gasteiger partial charge in [0.1, 0.15) is 0 Å². The van der Waals surface area contributed by atoms with Gasteiger partial charge in [0.25, 0.3) is 0 Å². The van der Waals surface area contributed by atoms with Crippen molar-refractivity contribution in [2.24, 2.45) is 0 Å². The van der Waals surface area contributed by atoms with E-state index in [2.05, 4.69) is 74.5 Å². The third kappa shape index (κ3) is 2.06. The molecule has 0 aromatic heterocycles. The van der Waals surface area contributed by atoms with E-state index in [1.807, 2.05) is 0 Å². The Bertz CT molecular complexity index is 769. The molecule has 0 saturated heterocycles. The third-order valence-corrected chi connectivity index (χ3v) is 9.74. The zero-order valence-corrected chi connectivity index (χ0v) is 14.7. The second kappa shape index (κ2) is 5.30. The van der Waals surface area contributed by atoms with Crippen molar-refractivity contribution in [3.63, 3.8) is 0 Å². The standard InChI is InChI=1S/2C10H9.CH2.Ti/c2*1-8-6-9-4-2-3-5-10(9)7-8;;/h2*2-7H,1H3;1H2;. The van der Waals surface area contributed by atoms with Crippen LogP contribution in [-0.2, 0) is 17.4 Å². The van der Waals surface area contributed by atoms with E-state index < -0.39 is 17.4 Å². The normalized spacial score (nSPS) is 21.9. The summed E-state index contributed by atoms with van der Waals surface area (Å²) in [7, 11) is 0. The number of fused-ring (bicyclic) bond motifs is 2. The number of allylic oxidation sites excluding steroid dienone is 2. The molecule has 0 fully saturated rings. The van der Waals surface area contributed by atoms with Gasteiger partial charge in [0.05, 0.1) is 0 Å². The van der Waals surface area contributed by atoms with Crippen LogP contribution in [-0.4, -0.2) is 4.82 Å². The minimum atomic E-state index is -1.61. The fourth-order valence-corrected chi connectivity index (χ4v) is 8.79. The van der Waals surface area contributed by atoms with Crippen molar-refractivity contribution in [1.29, 1.82) is 0 Å². The summed E-state index contributed by atoms with van der Waals surface area (Å²) in [6.45, 7) is 4.59. The molecular formula is C21H20Ti. The molecule has 0 saturated carbocycles. The summed E-state index contributed by atoms with van der Waals surface area (Å²) in [6, 6.07) is 17.7. The van der Waals surface area contributed by atoms with Crippen LogP contribution in [0.2, 0.25) is 0 Å². The topological polar surface area (TPSA) is 0 Å². The fourth-order valence-electron chi connectivity index (χ4n) is 4.11. The van der Waals surface area contributed by atoms with Crippen LogP contribution in [0.3, 0.4) is 0 Å². The average molecular weight is 320 g/mol. The first-order valence-corrected chi connectivity index (χ1v) is 10.8. The van der Waals surface area contributed by atoms with Crippen LogP contribution >= 0.6 is 0 Å². The van der Waals surface area contributed by atoms with Crippen molar-refractivity contribution in [1.82, 2.24) is 0 Å². The molecule has 0 N–H and O–H groups in total. The Morgan fingerprint density at radius 1 is 0.727 bits per heavy atom. The van der Waals surface area contributed by atoms with Crippen molar-refractivity contribution in [2.45, 2.75) is 22.3 Å². The molecule has 0 spiro atoms. The van der Waals surface area contributed by atoms with Gasteiger partial charge in [-0.3, -0.25) is 0 Å². The molecular weight excluding hydrogens is 300 g/mol. The number of rotatable bonds is 2. The first-order chi connectivity index (χ1) is 10.7. The summed E-state index contributed by atoms with van der Waals surface area (Å²) in [6.07, 6.45) is 4.75. The van der Waals surface area contributed by atoms with Crippen LogP contribution in [0.15, 0.2) is 59.7 Å². The van der Waals surface area contributed by atoms with Crippen molar-refractivity contribution in [3.8, 4) is 0 Å². The van der Waals surface area contributed by atoms with Gasteiger partial charge in [-0.1, -0.05) is 0 Å². The quantitative estimate of drug-likeness (QED) is 0.654. The summed E-state index contributed by atoms with van der Waals surface area (Å²) in [5.41, 5.74) is 8.88. The Kier molecular flexibility index (Phi) is 3.40. The summed E-state index contributed by atoms with van der Waals surface area (Å²) >= 11 is -1.61. The van der Waals surface area contributed by atoms with Crippen LogP contribution in [0.5, 0.6) is 0 Å². The molecule has 0 bridgehead atoms.